The summed E-state index contributed by atoms with van der Waals surface area (Å²) < 4.78 is 9.43. The fourth-order valence-corrected chi connectivity index (χ4v) is 1.41. The van der Waals surface area contributed by atoms with Crippen LogP contribution in [0, 0.1) is 0 Å². The standard InChI is InChI=1S/C13H22O6/c1-4-11(15)19-9-12(16)18-7-6-13(17,5-2)8-10(3)14/h14,17H,3-9H2,1-2H3. The van der Waals surface area contributed by atoms with Crippen LogP contribution >= 0.6 is 0 Å². The zero-order chi connectivity index (χ0) is 14.9. The molecule has 0 heterocycles. The van der Waals surface area contributed by atoms with Gasteiger partial charge in [-0.3, -0.25) is 4.79 Å². The van der Waals surface area contributed by atoms with Gasteiger partial charge in [0.25, 0.3) is 0 Å². The van der Waals surface area contributed by atoms with E-state index < -0.39 is 24.1 Å². The molecule has 0 aromatic rings. The highest BCUT2D eigenvalue weighted by Gasteiger charge is 2.26. The molecule has 2 N–H and O–H groups in total. The van der Waals surface area contributed by atoms with E-state index >= 15 is 0 Å². The largest absolute Gasteiger partial charge is 0.513 e. The van der Waals surface area contributed by atoms with Gasteiger partial charge in [-0.2, -0.15) is 0 Å². The molecule has 6 heteroatoms. The van der Waals surface area contributed by atoms with Crippen molar-refractivity contribution >= 4 is 11.9 Å². The van der Waals surface area contributed by atoms with Crippen molar-refractivity contribution in [1.82, 2.24) is 0 Å². The molecule has 0 aliphatic heterocycles. The van der Waals surface area contributed by atoms with Crippen LogP contribution in [-0.2, 0) is 19.1 Å². The maximum Gasteiger partial charge on any atom is 0.344 e. The van der Waals surface area contributed by atoms with Gasteiger partial charge in [0.05, 0.1) is 18.0 Å². The lowest BCUT2D eigenvalue weighted by molar-refractivity contribution is -0.159. The summed E-state index contributed by atoms with van der Waals surface area (Å²) in [6.45, 7) is 6.26. The Balaban J connectivity index is 3.96. The van der Waals surface area contributed by atoms with Gasteiger partial charge in [-0.05, 0) is 6.42 Å². The van der Waals surface area contributed by atoms with Crippen LogP contribution in [0.15, 0.2) is 12.3 Å². The van der Waals surface area contributed by atoms with Crippen LogP contribution in [0.3, 0.4) is 0 Å². The Hall–Kier alpha value is -1.56. The number of ether oxygens (including phenoxy) is 2. The Morgan fingerprint density at radius 1 is 1.21 bits per heavy atom. The number of carbonyl (C=O) groups excluding carboxylic acids is 2. The van der Waals surface area contributed by atoms with Gasteiger partial charge in [-0.25, -0.2) is 4.79 Å². The summed E-state index contributed by atoms with van der Waals surface area (Å²) in [5.41, 5.74) is -1.15. The van der Waals surface area contributed by atoms with Gasteiger partial charge in [0.2, 0.25) is 0 Å². The summed E-state index contributed by atoms with van der Waals surface area (Å²) in [6.07, 6.45) is 0.804. The van der Waals surface area contributed by atoms with Crippen molar-refractivity contribution in [3.63, 3.8) is 0 Å². The number of aliphatic hydroxyl groups is 2. The van der Waals surface area contributed by atoms with Crippen LogP contribution in [0.4, 0.5) is 0 Å². The maximum absolute atomic E-state index is 11.2. The Labute approximate surface area is 113 Å². The molecule has 0 spiro atoms. The monoisotopic (exact) mass is 274 g/mol. The van der Waals surface area contributed by atoms with E-state index in [0.29, 0.717) is 6.42 Å². The molecule has 1 unspecified atom stereocenters. The number of carbonyl (C=O) groups is 2. The van der Waals surface area contributed by atoms with E-state index in [4.69, 9.17) is 9.84 Å². The molecular formula is C13H22O6. The van der Waals surface area contributed by atoms with Crippen molar-refractivity contribution < 1.29 is 29.3 Å². The smallest absolute Gasteiger partial charge is 0.344 e. The van der Waals surface area contributed by atoms with Crippen molar-refractivity contribution in [1.29, 1.82) is 0 Å². The molecule has 19 heavy (non-hydrogen) atoms. The third-order valence-corrected chi connectivity index (χ3v) is 2.66. The van der Waals surface area contributed by atoms with Crippen molar-refractivity contribution in [2.75, 3.05) is 13.2 Å². The summed E-state index contributed by atoms with van der Waals surface area (Å²) in [6, 6.07) is 0. The average Bonchev–Trinajstić information content (AvgIpc) is 2.35. The van der Waals surface area contributed by atoms with Crippen molar-refractivity contribution in [3.05, 3.63) is 12.3 Å². The molecule has 0 aliphatic rings. The lowest BCUT2D eigenvalue weighted by Crippen LogP contribution is -2.31. The summed E-state index contributed by atoms with van der Waals surface area (Å²) in [4.78, 5) is 22.0. The Morgan fingerprint density at radius 3 is 2.32 bits per heavy atom. The number of hydrogen-bond donors (Lipinski definition) is 2. The summed E-state index contributed by atoms with van der Waals surface area (Å²) in [5.74, 6) is -1.26. The molecule has 0 saturated carbocycles. The highest BCUT2D eigenvalue weighted by atomic mass is 16.6. The first-order chi connectivity index (χ1) is 8.83. The van der Waals surface area contributed by atoms with Crippen LogP contribution in [0.5, 0.6) is 0 Å². The van der Waals surface area contributed by atoms with E-state index in [0.717, 1.165) is 0 Å². The molecule has 0 rings (SSSR count). The van der Waals surface area contributed by atoms with E-state index in [1.165, 1.54) is 0 Å². The third kappa shape index (κ3) is 8.20. The van der Waals surface area contributed by atoms with E-state index in [1.54, 1.807) is 13.8 Å². The molecule has 0 amide bonds. The molecular weight excluding hydrogens is 252 g/mol. The fourth-order valence-electron chi connectivity index (χ4n) is 1.41. The Bertz CT molecular complexity index is 325. The highest BCUT2D eigenvalue weighted by Crippen LogP contribution is 2.22. The van der Waals surface area contributed by atoms with Crippen LogP contribution < -0.4 is 0 Å². The number of rotatable bonds is 9. The van der Waals surface area contributed by atoms with Gasteiger partial charge in [0.15, 0.2) is 6.61 Å². The van der Waals surface area contributed by atoms with E-state index in [2.05, 4.69) is 11.3 Å². The zero-order valence-corrected chi connectivity index (χ0v) is 11.5. The Morgan fingerprint density at radius 2 is 1.84 bits per heavy atom. The second-order valence-electron chi connectivity index (χ2n) is 4.31. The fraction of sp³-hybridized carbons (Fsp3) is 0.692. The van der Waals surface area contributed by atoms with Crippen molar-refractivity contribution in [2.24, 2.45) is 0 Å². The van der Waals surface area contributed by atoms with Crippen LogP contribution in [0.2, 0.25) is 0 Å². The van der Waals surface area contributed by atoms with Crippen LogP contribution in [-0.4, -0.2) is 41.0 Å². The molecule has 0 bridgehead atoms. The molecule has 0 radical (unpaired) electrons. The quantitative estimate of drug-likeness (QED) is 0.488. The minimum Gasteiger partial charge on any atom is -0.513 e. The van der Waals surface area contributed by atoms with Crippen LogP contribution in [0.25, 0.3) is 0 Å². The van der Waals surface area contributed by atoms with Crippen LogP contribution in [0.1, 0.15) is 39.5 Å². The second-order valence-corrected chi connectivity index (χ2v) is 4.31. The number of esters is 2. The molecule has 0 aromatic carbocycles. The van der Waals surface area contributed by atoms with Crippen molar-refractivity contribution in [2.45, 2.75) is 45.1 Å². The highest BCUT2D eigenvalue weighted by molar-refractivity contribution is 5.76. The minimum atomic E-state index is -1.15. The normalized spacial score (nSPS) is 13.4. The van der Waals surface area contributed by atoms with Gasteiger partial charge in [-0.1, -0.05) is 20.4 Å². The predicted molar refractivity (Wildman–Crippen MR) is 68.5 cm³/mol. The molecule has 0 aliphatic carbocycles. The number of aliphatic hydroxyl groups excluding tert-OH is 1. The topological polar surface area (TPSA) is 93.1 Å². The average molecular weight is 274 g/mol. The SMILES string of the molecule is C=C(O)CC(O)(CC)CCOC(=O)COC(=O)CC. The van der Waals surface area contributed by atoms with Gasteiger partial charge in [-0.15, -0.1) is 0 Å². The Kier molecular flexibility index (Phi) is 7.83. The molecule has 0 fully saturated rings. The molecule has 0 saturated heterocycles. The summed E-state index contributed by atoms with van der Waals surface area (Å²) in [5, 5.41) is 19.1. The predicted octanol–water partition coefficient (Wildman–Crippen LogP) is 1.48. The van der Waals surface area contributed by atoms with Gasteiger partial charge < -0.3 is 19.7 Å². The second kappa shape index (κ2) is 8.53. The molecule has 1 atom stereocenters. The van der Waals surface area contributed by atoms with Crippen molar-refractivity contribution in [3.8, 4) is 0 Å². The first kappa shape index (κ1) is 17.4. The molecule has 0 aromatic heterocycles. The first-order valence-corrected chi connectivity index (χ1v) is 6.23. The summed E-state index contributed by atoms with van der Waals surface area (Å²) in [7, 11) is 0. The third-order valence-electron chi connectivity index (χ3n) is 2.66. The van der Waals surface area contributed by atoms with Gasteiger partial charge in [0, 0.05) is 19.3 Å². The number of hydrogen-bond acceptors (Lipinski definition) is 6. The maximum atomic E-state index is 11.2. The summed E-state index contributed by atoms with van der Waals surface area (Å²) >= 11 is 0. The first-order valence-electron chi connectivity index (χ1n) is 6.23. The minimum absolute atomic E-state index is 0.0138. The zero-order valence-electron chi connectivity index (χ0n) is 11.5. The van der Waals surface area contributed by atoms with Gasteiger partial charge in [0.1, 0.15) is 0 Å². The van der Waals surface area contributed by atoms with Gasteiger partial charge >= 0.3 is 11.9 Å². The lowest BCUT2D eigenvalue weighted by atomic mass is 9.92. The lowest BCUT2D eigenvalue weighted by Gasteiger charge is -2.25. The van der Waals surface area contributed by atoms with E-state index in [-0.39, 0.29) is 31.6 Å². The van der Waals surface area contributed by atoms with E-state index in [9.17, 15) is 14.7 Å². The molecule has 6 nitrogen and oxygen atoms in total. The van der Waals surface area contributed by atoms with E-state index in [1.807, 2.05) is 0 Å². The molecule has 110 valence electrons.